The summed E-state index contributed by atoms with van der Waals surface area (Å²) in [5.41, 5.74) is 4.62. The van der Waals surface area contributed by atoms with E-state index in [1.807, 2.05) is 0 Å². The topological polar surface area (TPSA) is 47.9 Å². The van der Waals surface area contributed by atoms with E-state index in [2.05, 4.69) is 19.7 Å². The molecule has 1 N–H and O–H groups in total. The SMILES string of the molecule is C=C[Si]O[Si](O)(O[Si]C=C)O[Si]C=C. The van der Waals surface area contributed by atoms with Crippen LogP contribution in [0.4, 0.5) is 0 Å². The fourth-order valence-corrected chi connectivity index (χ4v) is 4.82. The van der Waals surface area contributed by atoms with Gasteiger partial charge in [0.05, 0.1) is 0 Å². The van der Waals surface area contributed by atoms with Gasteiger partial charge in [-0.1, -0.05) is 17.1 Å². The summed E-state index contributed by atoms with van der Waals surface area (Å²) in [4.78, 5) is 9.75. The second-order valence-electron chi connectivity index (χ2n) is 1.80. The summed E-state index contributed by atoms with van der Waals surface area (Å²) in [5, 5.41) is 0. The van der Waals surface area contributed by atoms with Gasteiger partial charge >= 0.3 is 9.05 Å². The predicted octanol–water partition coefficient (Wildman–Crippen LogP) is -0.248. The van der Waals surface area contributed by atoms with Crippen LogP contribution >= 0.6 is 0 Å². The summed E-state index contributed by atoms with van der Waals surface area (Å²) < 4.78 is 15.2. The summed E-state index contributed by atoms with van der Waals surface area (Å²) in [5.74, 6) is 0. The maximum atomic E-state index is 9.75. The summed E-state index contributed by atoms with van der Waals surface area (Å²) in [7, 11) is -3.62. The number of hydrogen-bond donors (Lipinski definition) is 1. The zero-order valence-corrected chi connectivity index (χ0v) is 11.5. The molecule has 0 unspecified atom stereocenters. The highest BCUT2D eigenvalue weighted by molar-refractivity contribution is 6.69. The fraction of sp³-hybridized carbons (Fsp3) is 0. The van der Waals surface area contributed by atoms with Gasteiger partial charge < -0.3 is 17.1 Å². The third-order valence-corrected chi connectivity index (χ3v) is 5.82. The zero-order valence-electron chi connectivity index (χ0n) is 7.53. The first-order chi connectivity index (χ1) is 6.68. The molecule has 0 saturated heterocycles. The van der Waals surface area contributed by atoms with Crippen LogP contribution in [0.25, 0.3) is 0 Å². The monoisotopic (exact) mass is 258 g/mol. The van der Waals surface area contributed by atoms with Crippen molar-refractivity contribution in [1.29, 1.82) is 0 Å². The first kappa shape index (κ1) is 13.9. The quantitative estimate of drug-likeness (QED) is 0.580. The third-order valence-electron chi connectivity index (χ3n) is 0.814. The van der Waals surface area contributed by atoms with Gasteiger partial charge in [-0.15, -0.1) is 19.7 Å². The first-order valence-electron chi connectivity index (χ1n) is 3.54. The van der Waals surface area contributed by atoms with E-state index < -0.39 is 9.05 Å². The molecule has 74 valence electrons. The number of hydrogen-bond acceptors (Lipinski definition) is 4. The molecular weight excluding hydrogens is 248 g/mol. The van der Waals surface area contributed by atoms with E-state index in [0.717, 1.165) is 0 Å². The van der Waals surface area contributed by atoms with Gasteiger partial charge in [-0.3, -0.25) is 0 Å². The minimum Gasteiger partial charge on any atom is -0.390 e. The molecule has 0 rings (SSSR count). The van der Waals surface area contributed by atoms with Crippen LogP contribution < -0.4 is 0 Å². The van der Waals surface area contributed by atoms with Crippen LogP contribution in [-0.2, 0) is 12.3 Å². The van der Waals surface area contributed by atoms with Crippen molar-refractivity contribution in [1.82, 2.24) is 0 Å². The third kappa shape index (κ3) is 6.39. The lowest BCUT2D eigenvalue weighted by molar-refractivity contribution is 0.163. The van der Waals surface area contributed by atoms with Crippen molar-refractivity contribution in [2.45, 2.75) is 0 Å². The van der Waals surface area contributed by atoms with Gasteiger partial charge in [0, 0.05) is 0 Å². The second-order valence-corrected chi connectivity index (χ2v) is 7.23. The summed E-state index contributed by atoms with van der Waals surface area (Å²) in [6, 6.07) is 0. The molecule has 0 aliphatic rings. The van der Waals surface area contributed by atoms with E-state index in [-0.39, 0.29) is 29.3 Å². The van der Waals surface area contributed by atoms with Crippen molar-refractivity contribution in [3.63, 3.8) is 0 Å². The van der Waals surface area contributed by atoms with Gasteiger partial charge in [-0.2, -0.15) is 0 Å². The van der Waals surface area contributed by atoms with Gasteiger partial charge in [0.2, 0.25) is 0 Å². The minimum atomic E-state index is -3.49. The Morgan fingerprint density at radius 3 is 1.36 bits per heavy atom. The molecule has 0 aromatic carbocycles. The minimum absolute atomic E-state index is 0.0453. The van der Waals surface area contributed by atoms with Crippen LogP contribution in [0, 0.1) is 0 Å². The smallest absolute Gasteiger partial charge is 0.390 e. The Morgan fingerprint density at radius 1 is 0.857 bits per heavy atom. The van der Waals surface area contributed by atoms with Crippen molar-refractivity contribution in [3.05, 3.63) is 36.8 Å². The first-order valence-corrected chi connectivity index (χ1v) is 8.17. The molecule has 0 aromatic heterocycles. The average molecular weight is 258 g/mol. The van der Waals surface area contributed by atoms with E-state index in [1.165, 1.54) is 0 Å². The lowest BCUT2D eigenvalue weighted by Crippen LogP contribution is -2.48. The Morgan fingerprint density at radius 2 is 1.14 bits per heavy atom. The van der Waals surface area contributed by atoms with Crippen LogP contribution in [0.3, 0.4) is 0 Å². The van der Waals surface area contributed by atoms with Crippen LogP contribution in [0.5, 0.6) is 0 Å². The van der Waals surface area contributed by atoms with E-state index in [9.17, 15) is 4.80 Å². The normalized spacial score (nSPS) is 10.9. The molecule has 0 spiro atoms. The summed E-state index contributed by atoms with van der Waals surface area (Å²) in [6.45, 7) is 10.4. The molecule has 4 nitrogen and oxygen atoms in total. The van der Waals surface area contributed by atoms with E-state index in [0.29, 0.717) is 0 Å². The largest absolute Gasteiger partial charge is 0.645 e. The van der Waals surface area contributed by atoms with E-state index >= 15 is 0 Å². The Balaban J connectivity index is 4.07. The second kappa shape index (κ2) is 8.25. The average Bonchev–Trinajstić information content (AvgIpc) is 2.21. The Labute approximate surface area is 92.6 Å². The van der Waals surface area contributed by atoms with Gasteiger partial charge in [0.15, 0.2) is 0 Å². The van der Waals surface area contributed by atoms with Gasteiger partial charge in [-0.25, -0.2) is 0 Å². The molecule has 0 aliphatic carbocycles. The molecule has 14 heavy (non-hydrogen) atoms. The Kier molecular flexibility index (Phi) is 8.21. The van der Waals surface area contributed by atoms with Crippen molar-refractivity contribution in [3.8, 4) is 0 Å². The maximum absolute atomic E-state index is 9.75. The molecule has 0 heterocycles. The predicted molar refractivity (Wildman–Crippen MR) is 59.1 cm³/mol. The van der Waals surface area contributed by atoms with E-state index in [1.54, 1.807) is 17.1 Å². The van der Waals surface area contributed by atoms with Gasteiger partial charge in [0.1, 0.15) is 0 Å². The van der Waals surface area contributed by atoms with Gasteiger partial charge in [0.25, 0.3) is 29.3 Å². The van der Waals surface area contributed by atoms with Gasteiger partial charge in [-0.05, 0) is 0 Å². The Hall–Kier alpha value is -0.0725. The fourth-order valence-electron chi connectivity index (χ4n) is 0.411. The highest BCUT2D eigenvalue weighted by Gasteiger charge is 2.39. The molecule has 0 amide bonds. The van der Waals surface area contributed by atoms with Crippen molar-refractivity contribution < 1.29 is 17.1 Å². The molecule has 0 aliphatic heterocycles. The highest BCUT2D eigenvalue weighted by Crippen LogP contribution is 2.03. The van der Waals surface area contributed by atoms with Crippen molar-refractivity contribution in [2.75, 3.05) is 0 Å². The van der Waals surface area contributed by atoms with E-state index in [4.69, 9.17) is 12.3 Å². The maximum Gasteiger partial charge on any atom is 0.645 e. The number of rotatable bonds is 9. The van der Waals surface area contributed by atoms with Crippen LogP contribution in [0.2, 0.25) is 0 Å². The lowest BCUT2D eigenvalue weighted by Gasteiger charge is -2.21. The molecule has 0 fully saturated rings. The standard InChI is InChI=1S/C6H10O4Si4/c1-4-11-8-14(7,9-12-5-2)10-13-6-3/h4-7H,1-3H2. The summed E-state index contributed by atoms with van der Waals surface area (Å²) >= 11 is 0. The summed E-state index contributed by atoms with van der Waals surface area (Å²) in [6.07, 6.45) is 0. The molecule has 0 saturated carbocycles. The Bertz CT molecular complexity index is 167. The molecule has 0 atom stereocenters. The van der Waals surface area contributed by atoms with Crippen molar-refractivity contribution >= 4 is 38.3 Å². The molecule has 0 aromatic rings. The van der Waals surface area contributed by atoms with Crippen LogP contribution in [-0.4, -0.2) is 43.1 Å². The van der Waals surface area contributed by atoms with Crippen LogP contribution in [0.1, 0.15) is 0 Å². The molecule has 6 radical (unpaired) electrons. The lowest BCUT2D eigenvalue weighted by atomic mass is 11.3. The molecular formula is C6H10O4Si4. The van der Waals surface area contributed by atoms with Crippen molar-refractivity contribution in [2.24, 2.45) is 0 Å². The molecule has 8 heteroatoms. The van der Waals surface area contributed by atoms with Crippen LogP contribution in [0.15, 0.2) is 36.8 Å². The molecule has 0 bridgehead atoms. The highest BCUT2D eigenvalue weighted by atomic mass is 28.5. The zero-order chi connectivity index (χ0) is 10.9.